The summed E-state index contributed by atoms with van der Waals surface area (Å²) in [6.45, 7) is 0. The molecule has 4 aromatic rings. The number of anilines is 1. The van der Waals surface area contributed by atoms with E-state index in [1.54, 1.807) is 43.4 Å². The SMILES string of the molecule is COc1cc(-c2ccc(/C=C3/SC(=Nc4ccccc4)N(c4ccccc4)C3=O)o2)c(OC)cc1Cl. The maximum absolute atomic E-state index is 13.5. The molecule has 3 aromatic carbocycles. The van der Waals surface area contributed by atoms with Gasteiger partial charge in [-0.15, -0.1) is 0 Å². The number of halogens is 1. The monoisotopic (exact) mass is 516 g/mol. The lowest BCUT2D eigenvalue weighted by atomic mass is 10.1. The standard InChI is InChI=1S/C28H21ClN2O4S/c1-33-24-17-22(29)25(34-2)16-21(24)23-14-13-20(35-23)15-26-27(32)31(19-11-7-4-8-12-19)28(36-26)30-18-9-5-3-6-10-18/h3-17H,1-2H3/b26-15+,30-28?. The summed E-state index contributed by atoms with van der Waals surface area (Å²) in [6, 6.07) is 26.1. The van der Waals surface area contributed by atoms with Crippen molar-refractivity contribution in [3.63, 3.8) is 0 Å². The van der Waals surface area contributed by atoms with Crippen LogP contribution in [0.4, 0.5) is 11.4 Å². The van der Waals surface area contributed by atoms with Crippen molar-refractivity contribution in [1.82, 2.24) is 0 Å². The molecule has 0 radical (unpaired) electrons. The fraction of sp³-hybridized carbons (Fsp3) is 0.0714. The molecule has 1 fully saturated rings. The fourth-order valence-corrected chi connectivity index (χ4v) is 4.94. The summed E-state index contributed by atoms with van der Waals surface area (Å²) in [6.07, 6.45) is 1.72. The molecule has 0 unspecified atom stereocenters. The summed E-state index contributed by atoms with van der Waals surface area (Å²) in [5.74, 6) is 1.95. The second kappa shape index (κ2) is 10.4. The first kappa shape index (κ1) is 23.8. The first-order chi connectivity index (χ1) is 17.6. The quantitative estimate of drug-likeness (QED) is 0.249. The Hall–Kier alpha value is -3.94. The van der Waals surface area contributed by atoms with E-state index < -0.39 is 0 Å². The van der Waals surface area contributed by atoms with Gasteiger partial charge in [-0.2, -0.15) is 0 Å². The van der Waals surface area contributed by atoms with Crippen molar-refractivity contribution in [2.75, 3.05) is 19.1 Å². The Kier molecular flexibility index (Phi) is 6.84. The zero-order valence-electron chi connectivity index (χ0n) is 19.5. The Morgan fingerprint density at radius 1 is 0.917 bits per heavy atom. The number of carbonyl (C=O) groups is 1. The van der Waals surface area contributed by atoms with Crippen LogP contribution in [0.25, 0.3) is 17.4 Å². The summed E-state index contributed by atoms with van der Waals surface area (Å²) in [5, 5.41) is 1.01. The van der Waals surface area contributed by atoms with Crippen LogP contribution in [-0.4, -0.2) is 25.3 Å². The van der Waals surface area contributed by atoms with Crippen molar-refractivity contribution >= 4 is 51.9 Å². The molecule has 0 spiro atoms. The van der Waals surface area contributed by atoms with Crippen molar-refractivity contribution in [3.05, 3.63) is 101 Å². The molecule has 1 aliphatic heterocycles. The van der Waals surface area contributed by atoms with Gasteiger partial charge in [0, 0.05) is 12.1 Å². The van der Waals surface area contributed by atoms with E-state index in [-0.39, 0.29) is 5.91 Å². The summed E-state index contributed by atoms with van der Waals surface area (Å²) in [7, 11) is 3.11. The lowest BCUT2D eigenvalue weighted by molar-refractivity contribution is -0.113. The highest BCUT2D eigenvalue weighted by molar-refractivity contribution is 8.19. The number of methoxy groups -OCH3 is 2. The molecule has 5 rings (SSSR count). The number of thioether (sulfide) groups is 1. The smallest absolute Gasteiger partial charge is 0.271 e. The molecule has 1 saturated heterocycles. The second-order valence-corrected chi connectivity index (χ2v) is 9.12. The van der Waals surface area contributed by atoms with Gasteiger partial charge < -0.3 is 13.9 Å². The van der Waals surface area contributed by atoms with Gasteiger partial charge in [0.05, 0.1) is 41.1 Å². The van der Waals surface area contributed by atoms with Crippen LogP contribution in [0.5, 0.6) is 11.5 Å². The predicted molar refractivity (Wildman–Crippen MR) is 145 cm³/mol. The molecule has 1 aliphatic rings. The molecule has 1 aromatic heterocycles. The van der Waals surface area contributed by atoms with Crippen LogP contribution in [0.1, 0.15) is 5.76 Å². The molecule has 2 heterocycles. The van der Waals surface area contributed by atoms with Gasteiger partial charge in [-0.1, -0.05) is 48.0 Å². The molecule has 180 valence electrons. The number of para-hydroxylation sites is 2. The molecular formula is C28H21ClN2O4S. The summed E-state index contributed by atoms with van der Waals surface area (Å²) < 4.78 is 16.9. The van der Waals surface area contributed by atoms with Gasteiger partial charge in [0.1, 0.15) is 23.0 Å². The first-order valence-corrected chi connectivity index (χ1v) is 12.2. The average Bonchev–Trinajstić information content (AvgIpc) is 3.49. The van der Waals surface area contributed by atoms with Crippen molar-refractivity contribution in [3.8, 4) is 22.8 Å². The van der Waals surface area contributed by atoms with E-state index in [9.17, 15) is 4.79 Å². The lowest BCUT2D eigenvalue weighted by Gasteiger charge is -2.15. The third kappa shape index (κ3) is 4.76. The van der Waals surface area contributed by atoms with Crippen LogP contribution in [0.15, 0.2) is 99.2 Å². The van der Waals surface area contributed by atoms with Crippen LogP contribution in [-0.2, 0) is 4.79 Å². The van der Waals surface area contributed by atoms with Crippen LogP contribution >= 0.6 is 23.4 Å². The molecular weight excluding hydrogens is 496 g/mol. The number of ether oxygens (including phenoxy) is 2. The number of furan rings is 1. The first-order valence-electron chi connectivity index (χ1n) is 11.0. The highest BCUT2D eigenvalue weighted by Gasteiger charge is 2.35. The molecule has 8 heteroatoms. The molecule has 0 saturated carbocycles. The number of amidine groups is 1. The Labute approximate surface area is 217 Å². The van der Waals surface area contributed by atoms with Crippen LogP contribution in [0.3, 0.4) is 0 Å². The number of amides is 1. The van der Waals surface area contributed by atoms with Gasteiger partial charge in [-0.25, -0.2) is 4.99 Å². The molecule has 6 nitrogen and oxygen atoms in total. The zero-order chi connectivity index (χ0) is 25.1. The molecule has 0 bridgehead atoms. The molecule has 0 atom stereocenters. The van der Waals surface area contributed by atoms with Crippen molar-refractivity contribution < 1.29 is 18.7 Å². The van der Waals surface area contributed by atoms with E-state index in [4.69, 9.17) is 30.5 Å². The second-order valence-electron chi connectivity index (χ2n) is 7.71. The Balaban J connectivity index is 1.51. The van der Waals surface area contributed by atoms with Gasteiger partial charge in [-0.05, 0) is 54.2 Å². The van der Waals surface area contributed by atoms with E-state index in [1.165, 1.54) is 11.8 Å². The maximum atomic E-state index is 13.5. The minimum Gasteiger partial charge on any atom is -0.496 e. The van der Waals surface area contributed by atoms with Crippen LogP contribution < -0.4 is 14.4 Å². The topological polar surface area (TPSA) is 64.3 Å². The van der Waals surface area contributed by atoms with E-state index >= 15 is 0 Å². The van der Waals surface area contributed by atoms with Crippen molar-refractivity contribution in [2.24, 2.45) is 4.99 Å². The number of rotatable bonds is 6. The highest BCUT2D eigenvalue weighted by atomic mass is 35.5. The number of hydrogen-bond donors (Lipinski definition) is 0. The minimum atomic E-state index is -0.176. The predicted octanol–water partition coefficient (Wildman–Crippen LogP) is 7.43. The number of hydrogen-bond acceptors (Lipinski definition) is 6. The molecule has 1 amide bonds. The van der Waals surface area contributed by atoms with E-state index in [0.717, 1.165) is 11.4 Å². The number of nitrogens with zero attached hydrogens (tertiary/aromatic N) is 2. The number of carbonyl (C=O) groups excluding carboxylic acids is 1. The summed E-state index contributed by atoms with van der Waals surface area (Å²) in [5.41, 5.74) is 2.19. The molecule has 0 N–H and O–H groups in total. The van der Waals surface area contributed by atoms with Crippen LogP contribution in [0.2, 0.25) is 5.02 Å². The van der Waals surface area contributed by atoms with E-state index in [1.807, 2.05) is 66.7 Å². The largest absolute Gasteiger partial charge is 0.496 e. The van der Waals surface area contributed by atoms with Gasteiger partial charge in [-0.3, -0.25) is 9.69 Å². The molecule has 36 heavy (non-hydrogen) atoms. The molecule has 0 aliphatic carbocycles. The Morgan fingerprint density at radius 2 is 1.61 bits per heavy atom. The fourth-order valence-electron chi connectivity index (χ4n) is 3.72. The summed E-state index contributed by atoms with van der Waals surface area (Å²) >= 11 is 7.53. The maximum Gasteiger partial charge on any atom is 0.271 e. The minimum absolute atomic E-state index is 0.176. The summed E-state index contributed by atoms with van der Waals surface area (Å²) in [4.78, 5) is 20.3. The number of aliphatic imine (C=N–C) groups is 1. The Morgan fingerprint density at radius 3 is 2.31 bits per heavy atom. The van der Waals surface area contributed by atoms with Gasteiger partial charge >= 0.3 is 0 Å². The third-order valence-electron chi connectivity index (χ3n) is 5.44. The van der Waals surface area contributed by atoms with Gasteiger partial charge in [0.2, 0.25) is 0 Å². The van der Waals surface area contributed by atoms with Crippen molar-refractivity contribution in [1.29, 1.82) is 0 Å². The Bertz CT molecular complexity index is 1470. The van der Waals surface area contributed by atoms with E-state index in [2.05, 4.69) is 0 Å². The lowest BCUT2D eigenvalue weighted by Crippen LogP contribution is -2.28. The van der Waals surface area contributed by atoms with E-state index in [0.29, 0.717) is 43.7 Å². The third-order valence-corrected chi connectivity index (χ3v) is 6.71. The zero-order valence-corrected chi connectivity index (χ0v) is 21.0. The van der Waals surface area contributed by atoms with Gasteiger partial charge in [0.15, 0.2) is 5.17 Å². The average molecular weight is 517 g/mol. The van der Waals surface area contributed by atoms with Crippen molar-refractivity contribution in [2.45, 2.75) is 0 Å². The normalized spacial score (nSPS) is 15.6. The highest BCUT2D eigenvalue weighted by Crippen LogP contribution is 2.41. The number of benzene rings is 3. The van der Waals surface area contributed by atoms with Crippen LogP contribution in [0, 0.1) is 0 Å². The van der Waals surface area contributed by atoms with Gasteiger partial charge in [0.25, 0.3) is 5.91 Å².